The molecule has 0 bridgehead atoms. The molecule has 0 fully saturated rings. The Labute approximate surface area is 235 Å². The van der Waals surface area contributed by atoms with Crippen LogP contribution in [0, 0.1) is 0 Å². The van der Waals surface area contributed by atoms with Crippen molar-refractivity contribution < 1.29 is 24.0 Å². The summed E-state index contributed by atoms with van der Waals surface area (Å²) < 4.78 is 0. The maximum Gasteiger partial charge on any atom is 0.243 e. The third-order valence-corrected chi connectivity index (χ3v) is 6.57. The Balaban J connectivity index is 4.75. The highest BCUT2D eigenvalue weighted by Crippen LogP contribution is 2.08. The molecule has 0 aromatic heterocycles. The molecule has 0 aliphatic rings. The second kappa shape index (κ2) is 24.5. The zero-order valence-electron chi connectivity index (χ0n) is 24.7. The van der Waals surface area contributed by atoms with Gasteiger partial charge < -0.3 is 27.0 Å². The Morgan fingerprint density at radius 2 is 1.10 bits per heavy atom. The lowest BCUT2D eigenvalue weighted by Gasteiger charge is -2.22. The average Bonchev–Trinajstić information content (AvgIpc) is 2.90. The number of Topliss-reactive ketones (excluding diaryl/α,β-unsaturated/α-hetero) is 1. The number of carbonyl (C=O) groups excluding carboxylic acids is 5. The summed E-state index contributed by atoms with van der Waals surface area (Å²) in [6.07, 6.45) is 11.1. The normalized spacial score (nSPS) is 12.3. The van der Waals surface area contributed by atoms with Crippen LogP contribution in [0.25, 0.3) is 0 Å². The van der Waals surface area contributed by atoms with Crippen molar-refractivity contribution in [3.63, 3.8) is 0 Å². The average molecular weight is 554 g/mol. The molecule has 0 aliphatic carbocycles. The molecular formula is C29H55N5O5. The first-order chi connectivity index (χ1) is 18.7. The van der Waals surface area contributed by atoms with Gasteiger partial charge in [-0.25, -0.2) is 0 Å². The number of hydrogen-bond donors (Lipinski definition) is 5. The van der Waals surface area contributed by atoms with E-state index < -0.39 is 12.1 Å². The summed E-state index contributed by atoms with van der Waals surface area (Å²) in [6.45, 7) is 7.17. The summed E-state index contributed by atoms with van der Waals surface area (Å²) in [4.78, 5) is 61.4. The van der Waals surface area contributed by atoms with E-state index >= 15 is 0 Å². The van der Waals surface area contributed by atoms with E-state index in [1.165, 1.54) is 6.92 Å². The molecule has 0 aromatic carbocycles. The van der Waals surface area contributed by atoms with Gasteiger partial charge in [0.05, 0.1) is 6.04 Å². The fourth-order valence-corrected chi connectivity index (χ4v) is 4.07. The summed E-state index contributed by atoms with van der Waals surface area (Å²) in [5, 5.41) is 11.4. The van der Waals surface area contributed by atoms with Crippen LogP contribution >= 0.6 is 0 Å². The zero-order chi connectivity index (χ0) is 29.3. The molecule has 0 spiro atoms. The second-order valence-corrected chi connectivity index (χ2v) is 10.3. The van der Waals surface area contributed by atoms with Crippen molar-refractivity contribution in [1.29, 1.82) is 0 Å². The molecule has 4 amide bonds. The van der Waals surface area contributed by atoms with Crippen LogP contribution in [0.3, 0.4) is 0 Å². The van der Waals surface area contributed by atoms with Gasteiger partial charge in [0, 0.05) is 32.4 Å². The Bertz CT molecular complexity index is 716. The zero-order valence-corrected chi connectivity index (χ0v) is 24.7. The molecule has 0 rings (SSSR count). The van der Waals surface area contributed by atoms with E-state index in [0.717, 1.165) is 44.9 Å². The maximum absolute atomic E-state index is 13.1. The minimum absolute atomic E-state index is 0.00760. The van der Waals surface area contributed by atoms with Crippen molar-refractivity contribution in [1.82, 2.24) is 21.3 Å². The Kier molecular flexibility index (Phi) is 23.0. The van der Waals surface area contributed by atoms with Crippen molar-refractivity contribution in [2.24, 2.45) is 5.73 Å². The third kappa shape index (κ3) is 21.1. The molecule has 226 valence electrons. The van der Waals surface area contributed by atoms with Gasteiger partial charge in [-0.15, -0.1) is 0 Å². The monoisotopic (exact) mass is 553 g/mol. The molecular weight excluding hydrogens is 498 g/mol. The number of nitrogens with one attached hydrogen (secondary N) is 4. The van der Waals surface area contributed by atoms with Crippen LogP contribution < -0.4 is 27.0 Å². The van der Waals surface area contributed by atoms with Crippen LogP contribution in [-0.4, -0.2) is 61.1 Å². The maximum atomic E-state index is 13.1. The largest absolute Gasteiger partial charge is 0.356 e. The van der Waals surface area contributed by atoms with Crippen molar-refractivity contribution in [2.75, 3.05) is 19.6 Å². The summed E-state index contributed by atoms with van der Waals surface area (Å²) in [7, 11) is 0. The molecule has 39 heavy (non-hydrogen) atoms. The highest BCUT2D eigenvalue weighted by molar-refractivity contribution is 5.92. The molecule has 0 saturated carbocycles. The number of ketones is 1. The van der Waals surface area contributed by atoms with E-state index in [2.05, 4.69) is 28.2 Å². The Morgan fingerprint density at radius 1 is 0.590 bits per heavy atom. The molecule has 0 radical (unpaired) electrons. The number of carbonyl (C=O) groups is 5. The molecule has 0 heterocycles. The van der Waals surface area contributed by atoms with E-state index in [4.69, 9.17) is 5.73 Å². The predicted molar refractivity (Wildman–Crippen MR) is 155 cm³/mol. The van der Waals surface area contributed by atoms with Gasteiger partial charge in [0.25, 0.3) is 0 Å². The molecule has 0 aromatic rings. The second-order valence-electron chi connectivity index (χ2n) is 10.3. The molecule has 2 atom stereocenters. The molecule has 0 saturated heterocycles. The summed E-state index contributed by atoms with van der Waals surface area (Å²) in [5.74, 6) is -0.642. The number of hydrogen-bond acceptors (Lipinski definition) is 6. The van der Waals surface area contributed by atoms with Gasteiger partial charge >= 0.3 is 0 Å². The van der Waals surface area contributed by atoms with Gasteiger partial charge in [0.15, 0.2) is 5.78 Å². The van der Waals surface area contributed by atoms with Crippen molar-refractivity contribution in [2.45, 2.75) is 136 Å². The number of nitrogens with two attached hydrogens (primary N) is 1. The number of amides is 4. The van der Waals surface area contributed by atoms with Crippen LogP contribution in [0.5, 0.6) is 0 Å². The first kappa shape index (κ1) is 36.5. The van der Waals surface area contributed by atoms with Crippen LogP contribution in [0.4, 0.5) is 0 Å². The lowest BCUT2D eigenvalue weighted by molar-refractivity contribution is -0.131. The van der Waals surface area contributed by atoms with Gasteiger partial charge in [-0.2, -0.15) is 0 Å². The van der Waals surface area contributed by atoms with E-state index in [1.54, 1.807) is 0 Å². The molecule has 10 nitrogen and oxygen atoms in total. The predicted octanol–water partition coefficient (Wildman–Crippen LogP) is 3.02. The van der Waals surface area contributed by atoms with Crippen molar-refractivity contribution in [3.05, 3.63) is 0 Å². The molecule has 2 unspecified atom stereocenters. The van der Waals surface area contributed by atoms with E-state index in [1.807, 2.05) is 6.92 Å². The standard InChI is InChI=1S/C29H55N5O5/c1-4-6-8-19-28(38)33-25(16-11-14-22-32-27(37)18-9-12-20-30)29(39)34-24(23(3)35)15-10-13-21-31-26(36)17-7-5-2/h24-25H,4-22,30H2,1-3H3,(H,31,36)(H,32,37)(H,33,38)(H,34,39). The fourth-order valence-electron chi connectivity index (χ4n) is 4.07. The van der Waals surface area contributed by atoms with E-state index in [9.17, 15) is 24.0 Å². The number of unbranched alkanes of at least 4 members (excludes halogenated alkanes) is 6. The Morgan fingerprint density at radius 3 is 1.64 bits per heavy atom. The van der Waals surface area contributed by atoms with Crippen LogP contribution in [0.2, 0.25) is 0 Å². The molecule has 10 heteroatoms. The van der Waals surface area contributed by atoms with Crippen LogP contribution in [0.15, 0.2) is 0 Å². The highest BCUT2D eigenvalue weighted by atomic mass is 16.2. The summed E-state index contributed by atoms with van der Waals surface area (Å²) in [5.41, 5.74) is 5.45. The van der Waals surface area contributed by atoms with Crippen molar-refractivity contribution >= 4 is 29.4 Å². The quantitative estimate of drug-likeness (QED) is 0.109. The lowest BCUT2D eigenvalue weighted by atomic mass is 10.0. The van der Waals surface area contributed by atoms with Gasteiger partial charge in [-0.3, -0.25) is 24.0 Å². The Hall–Kier alpha value is -2.49. The topological polar surface area (TPSA) is 159 Å². The smallest absolute Gasteiger partial charge is 0.243 e. The van der Waals surface area contributed by atoms with E-state index in [-0.39, 0.29) is 29.4 Å². The van der Waals surface area contributed by atoms with Gasteiger partial charge in [-0.1, -0.05) is 33.1 Å². The van der Waals surface area contributed by atoms with Gasteiger partial charge in [0.1, 0.15) is 6.04 Å². The minimum atomic E-state index is -0.737. The SMILES string of the molecule is CCCCCC(=O)NC(CCCCNC(=O)CCCCN)C(=O)NC(CCCCNC(=O)CCCC)C(C)=O. The van der Waals surface area contributed by atoms with Crippen LogP contribution in [0.1, 0.15) is 124 Å². The van der Waals surface area contributed by atoms with E-state index in [0.29, 0.717) is 77.4 Å². The first-order valence-electron chi connectivity index (χ1n) is 15.1. The summed E-state index contributed by atoms with van der Waals surface area (Å²) in [6, 6.07) is -1.38. The molecule has 6 N–H and O–H groups in total. The lowest BCUT2D eigenvalue weighted by Crippen LogP contribution is -2.51. The molecule has 0 aliphatic heterocycles. The van der Waals surface area contributed by atoms with Crippen LogP contribution in [-0.2, 0) is 24.0 Å². The fraction of sp³-hybridized carbons (Fsp3) is 0.828. The highest BCUT2D eigenvalue weighted by Gasteiger charge is 2.24. The van der Waals surface area contributed by atoms with Crippen molar-refractivity contribution in [3.8, 4) is 0 Å². The number of rotatable bonds is 25. The van der Waals surface area contributed by atoms with Gasteiger partial charge in [0.2, 0.25) is 23.6 Å². The summed E-state index contributed by atoms with van der Waals surface area (Å²) >= 11 is 0. The van der Waals surface area contributed by atoms with Gasteiger partial charge in [-0.05, 0) is 77.7 Å². The first-order valence-corrected chi connectivity index (χ1v) is 15.1. The minimum Gasteiger partial charge on any atom is -0.356 e. The third-order valence-electron chi connectivity index (χ3n) is 6.57.